The minimum atomic E-state index is -0.622. The molecule has 0 unspecified atom stereocenters. The predicted octanol–water partition coefficient (Wildman–Crippen LogP) is 1.70. The monoisotopic (exact) mass is 299 g/mol. The summed E-state index contributed by atoms with van der Waals surface area (Å²) in [7, 11) is 1.33. The summed E-state index contributed by atoms with van der Waals surface area (Å²) in [5.74, 6) is -0.185. The van der Waals surface area contributed by atoms with Crippen LogP contribution in [0, 0.1) is 5.92 Å². The van der Waals surface area contributed by atoms with Crippen molar-refractivity contribution in [2.24, 2.45) is 5.92 Å². The van der Waals surface area contributed by atoms with Crippen LogP contribution in [0.15, 0.2) is 0 Å². The molecule has 2 fully saturated rings. The van der Waals surface area contributed by atoms with Gasteiger partial charge in [-0.15, -0.1) is 0 Å². The Hall–Kier alpha value is -1.30. The summed E-state index contributed by atoms with van der Waals surface area (Å²) in [4.78, 5) is 25.9. The summed E-state index contributed by atoms with van der Waals surface area (Å²) in [5, 5.41) is 9.88. The number of aliphatic hydroxyl groups excluding tert-OH is 1. The van der Waals surface area contributed by atoms with Crippen LogP contribution in [-0.2, 0) is 14.3 Å². The highest BCUT2D eigenvalue weighted by atomic mass is 16.6. The molecule has 0 aromatic carbocycles. The van der Waals surface area contributed by atoms with Crippen LogP contribution in [0.2, 0.25) is 0 Å². The first-order chi connectivity index (χ1) is 9.73. The largest absolute Gasteiger partial charge is 0.467 e. The molecular formula is C15H25NO5. The highest BCUT2D eigenvalue weighted by molar-refractivity contribution is 5.82. The van der Waals surface area contributed by atoms with Gasteiger partial charge in [-0.1, -0.05) is 0 Å². The second kappa shape index (κ2) is 5.83. The number of likely N-dealkylation sites (tertiary alicyclic amines) is 1. The van der Waals surface area contributed by atoms with E-state index in [4.69, 9.17) is 9.47 Å². The van der Waals surface area contributed by atoms with Gasteiger partial charge in [0, 0.05) is 6.04 Å². The van der Waals surface area contributed by atoms with Gasteiger partial charge in [0.05, 0.1) is 13.2 Å². The molecule has 2 aliphatic rings. The number of hydrogen-bond donors (Lipinski definition) is 1. The first kappa shape index (κ1) is 16.1. The summed E-state index contributed by atoms with van der Waals surface area (Å²) >= 11 is 0. The molecule has 0 bridgehead atoms. The highest BCUT2D eigenvalue weighted by Crippen LogP contribution is 2.40. The van der Waals surface area contributed by atoms with Crippen molar-refractivity contribution in [1.82, 2.24) is 4.90 Å². The van der Waals surface area contributed by atoms with Crippen LogP contribution in [0.3, 0.4) is 0 Å². The Morgan fingerprint density at radius 2 is 1.86 bits per heavy atom. The van der Waals surface area contributed by atoms with Crippen LogP contribution in [0.5, 0.6) is 0 Å². The molecule has 6 nitrogen and oxygen atoms in total. The van der Waals surface area contributed by atoms with Crippen molar-refractivity contribution in [2.75, 3.05) is 7.11 Å². The van der Waals surface area contributed by atoms with Gasteiger partial charge >= 0.3 is 12.1 Å². The van der Waals surface area contributed by atoms with Gasteiger partial charge in [0.15, 0.2) is 0 Å². The lowest BCUT2D eigenvalue weighted by molar-refractivity contribution is -0.146. The van der Waals surface area contributed by atoms with Gasteiger partial charge in [0.1, 0.15) is 11.6 Å². The number of fused-ring (bicyclic) bond motifs is 1. The van der Waals surface area contributed by atoms with E-state index in [1.165, 1.54) is 12.0 Å². The van der Waals surface area contributed by atoms with E-state index in [1.54, 1.807) is 20.8 Å². The zero-order chi connectivity index (χ0) is 15.8. The maximum Gasteiger partial charge on any atom is 0.411 e. The zero-order valence-corrected chi connectivity index (χ0v) is 13.2. The Morgan fingerprint density at radius 1 is 1.19 bits per heavy atom. The van der Waals surface area contributed by atoms with Crippen molar-refractivity contribution in [3.8, 4) is 0 Å². The quantitative estimate of drug-likeness (QED) is 0.746. The average molecular weight is 299 g/mol. The number of methoxy groups -OCH3 is 1. The third-order valence-electron chi connectivity index (χ3n) is 4.23. The second-order valence-corrected chi connectivity index (χ2v) is 6.96. The third-order valence-corrected chi connectivity index (χ3v) is 4.23. The van der Waals surface area contributed by atoms with Gasteiger partial charge in [0.25, 0.3) is 0 Å². The fourth-order valence-corrected chi connectivity index (χ4v) is 3.36. The first-order valence-electron chi connectivity index (χ1n) is 7.50. The number of carbonyl (C=O) groups excluding carboxylic acids is 2. The fraction of sp³-hybridized carbons (Fsp3) is 0.867. The van der Waals surface area contributed by atoms with E-state index in [2.05, 4.69) is 0 Å². The van der Waals surface area contributed by atoms with Crippen molar-refractivity contribution < 1.29 is 24.2 Å². The number of ether oxygens (including phenoxy) is 2. The van der Waals surface area contributed by atoms with Crippen LogP contribution < -0.4 is 0 Å². The summed E-state index contributed by atoms with van der Waals surface area (Å²) in [5.41, 5.74) is -0.622. The molecule has 21 heavy (non-hydrogen) atoms. The van der Waals surface area contributed by atoms with Crippen molar-refractivity contribution in [2.45, 2.75) is 70.2 Å². The molecule has 4 atom stereocenters. The molecule has 1 N–H and O–H groups in total. The van der Waals surface area contributed by atoms with Gasteiger partial charge in [-0.3, -0.25) is 4.90 Å². The number of amides is 1. The Bertz CT molecular complexity index is 417. The van der Waals surface area contributed by atoms with Crippen molar-refractivity contribution >= 4 is 12.1 Å². The van der Waals surface area contributed by atoms with E-state index in [9.17, 15) is 14.7 Å². The fourth-order valence-electron chi connectivity index (χ4n) is 3.36. The summed E-state index contributed by atoms with van der Waals surface area (Å²) in [6.45, 7) is 5.38. The maximum absolute atomic E-state index is 12.5. The van der Waals surface area contributed by atoms with Crippen LogP contribution in [-0.4, -0.2) is 53.0 Å². The molecule has 1 amide bonds. The molecule has 1 saturated heterocycles. The number of aliphatic hydroxyl groups is 1. The molecule has 6 heteroatoms. The van der Waals surface area contributed by atoms with Crippen LogP contribution in [0.4, 0.5) is 4.79 Å². The number of rotatable bonds is 1. The number of hydrogen-bond acceptors (Lipinski definition) is 5. The first-order valence-corrected chi connectivity index (χ1v) is 7.50. The minimum Gasteiger partial charge on any atom is -0.467 e. The molecule has 1 aliphatic carbocycles. The van der Waals surface area contributed by atoms with Gasteiger partial charge in [-0.05, 0) is 52.4 Å². The Kier molecular flexibility index (Phi) is 4.46. The standard InChI is InChI=1S/C15H25NO5/c1-15(2,3)21-14(19)16-11-8-10(17)6-5-9(11)7-12(16)13(18)20-4/h9-12,17H,5-8H2,1-4H3/t9-,10-,11-,12+/m1/s1. The molecule has 120 valence electrons. The maximum atomic E-state index is 12.5. The van der Waals surface area contributed by atoms with Gasteiger partial charge in [-0.2, -0.15) is 0 Å². The van der Waals surface area contributed by atoms with E-state index in [0.29, 0.717) is 12.8 Å². The van der Waals surface area contributed by atoms with Crippen LogP contribution in [0.25, 0.3) is 0 Å². The number of esters is 1. The second-order valence-electron chi connectivity index (χ2n) is 6.96. The van der Waals surface area contributed by atoms with Crippen molar-refractivity contribution in [3.05, 3.63) is 0 Å². The molecule has 0 aromatic rings. The van der Waals surface area contributed by atoms with E-state index >= 15 is 0 Å². The molecule has 0 spiro atoms. The van der Waals surface area contributed by atoms with E-state index in [1.807, 2.05) is 0 Å². The minimum absolute atomic E-state index is 0.146. The summed E-state index contributed by atoms with van der Waals surface area (Å²) in [6, 6.07) is -0.752. The van der Waals surface area contributed by atoms with Gasteiger partial charge in [-0.25, -0.2) is 9.59 Å². The van der Waals surface area contributed by atoms with E-state index in [0.717, 1.165) is 12.8 Å². The van der Waals surface area contributed by atoms with Crippen LogP contribution >= 0.6 is 0 Å². The SMILES string of the molecule is COC(=O)[C@@H]1C[C@H]2CC[C@@H](O)C[C@H]2N1C(=O)OC(C)(C)C. The highest BCUT2D eigenvalue weighted by Gasteiger charge is 2.50. The molecule has 1 heterocycles. The average Bonchev–Trinajstić information content (AvgIpc) is 2.74. The lowest BCUT2D eigenvalue weighted by Gasteiger charge is -2.36. The van der Waals surface area contributed by atoms with Crippen molar-refractivity contribution in [3.63, 3.8) is 0 Å². The van der Waals surface area contributed by atoms with Gasteiger partial charge in [0.2, 0.25) is 0 Å². The van der Waals surface area contributed by atoms with E-state index < -0.39 is 29.8 Å². The van der Waals surface area contributed by atoms with Crippen molar-refractivity contribution in [1.29, 1.82) is 0 Å². The normalized spacial score (nSPS) is 32.5. The molecule has 0 radical (unpaired) electrons. The van der Waals surface area contributed by atoms with E-state index in [-0.39, 0.29) is 12.0 Å². The molecule has 2 rings (SSSR count). The zero-order valence-electron chi connectivity index (χ0n) is 13.2. The molecule has 1 aliphatic heterocycles. The lowest BCUT2D eigenvalue weighted by Crippen LogP contribution is -2.49. The predicted molar refractivity (Wildman–Crippen MR) is 75.6 cm³/mol. The Balaban J connectivity index is 2.22. The lowest BCUT2D eigenvalue weighted by atomic mass is 9.83. The Labute approximate surface area is 125 Å². The van der Waals surface area contributed by atoms with Crippen LogP contribution in [0.1, 0.15) is 46.5 Å². The van der Waals surface area contributed by atoms with Gasteiger partial charge < -0.3 is 14.6 Å². The summed E-state index contributed by atoms with van der Waals surface area (Å²) < 4.78 is 10.3. The third kappa shape index (κ3) is 3.48. The molecule has 1 saturated carbocycles. The smallest absolute Gasteiger partial charge is 0.411 e. The molecule has 0 aromatic heterocycles. The Morgan fingerprint density at radius 3 is 2.43 bits per heavy atom. The molecular weight excluding hydrogens is 274 g/mol. The summed E-state index contributed by atoms with van der Waals surface area (Å²) in [6.07, 6.45) is 1.70. The topological polar surface area (TPSA) is 76.1 Å². The number of nitrogens with zero attached hydrogens (tertiary/aromatic N) is 1. The number of carbonyl (C=O) groups is 2.